The van der Waals surface area contributed by atoms with Gasteiger partial charge in [-0.15, -0.1) is 0 Å². The minimum absolute atomic E-state index is 0.124. The average Bonchev–Trinajstić information content (AvgIpc) is 3.14. The van der Waals surface area contributed by atoms with Crippen LogP contribution in [-0.2, 0) is 16.0 Å². The van der Waals surface area contributed by atoms with Gasteiger partial charge in [-0.3, -0.25) is 4.79 Å². The van der Waals surface area contributed by atoms with Crippen molar-refractivity contribution in [2.24, 2.45) is 11.3 Å². The van der Waals surface area contributed by atoms with Gasteiger partial charge in [-0.05, 0) is 74.8 Å². The first-order chi connectivity index (χ1) is 17.1. The molecule has 4 rings (SSSR count). The molecule has 1 aliphatic carbocycles. The number of hydrogen-bond acceptors (Lipinski definition) is 6. The van der Waals surface area contributed by atoms with Crippen molar-refractivity contribution < 1.29 is 19.0 Å². The molecular weight excluding hydrogens is 454 g/mol. The van der Waals surface area contributed by atoms with Gasteiger partial charge in [-0.2, -0.15) is 0 Å². The summed E-state index contributed by atoms with van der Waals surface area (Å²) >= 11 is 0. The van der Waals surface area contributed by atoms with Gasteiger partial charge in [0.05, 0.1) is 37.8 Å². The van der Waals surface area contributed by atoms with Crippen molar-refractivity contribution in [3.8, 4) is 11.5 Å². The monoisotopic (exact) mass is 493 g/mol. The minimum Gasteiger partial charge on any atom is -0.496 e. The predicted octanol–water partition coefficient (Wildman–Crippen LogP) is 6.68. The summed E-state index contributed by atoms with van der Waals surface area (Å²) in [6, 6.07) is 12.2. The summed E-state index contributed by atoms with van der Waals surface area (Å²) in [7, 11) is 3.03. The van der Waals surface area contributed by atoms with E-state index in [9.17, 15) is 4.79 Å². The van der Waals surface area contributed by atoms with E-state index in [1.54, 1.807) is 7.11 Å². The highest BCUT2D eigenvalue weighted by Crippen LogP contribution is 2.46. The molecule has 36 heavy (non-hydrogen) atoms. The van der Waals surface area contributed by atoms with Gasteiger partial charge in [0.1, 0.15) is 11.5 Å². The first kappa shape index (κ1) is 25.9. The van der Waals surface area contributed by atoms with Crippen LogP contribution in [0.4, 0.5) is 11.6 Å². The number of esters is 1. The summed E-state index contributed by atoms with van der Waals surface area (Å²) in [4.78, 5) is 17.0. The molecular formula is C29H39N3O4. The first-order valence-electron chi connectivity index (χ1n) is 12.8. The number of anilines is 2. The second-order valence-electron chi connectivity index (χ2n) is 11.1. The number of fused-ring (bicyclic) bond motifs is 1. The van der Waals surface area contributed by atoms with E-state index in [1.165, 1.54) is 13.5 Å². The van der Waals surface area contributed by atoms with Crippen molar-refractivity contribution in [2.45, 2.75) is 72.4 Å². The maximum Gasteiger partial charge on any atom is 0.310 e. The van der Waals surface area contributed by atoms with Crippen LogP contribution in [0.5, 0.6) is 11.5 Å². The number of ether oxygens (including phenoxy) is 3. The molecule has 1 fully saturated rings. The molecule has 0 aliphatic heterocycles. The molecule has 7 heteroatoms. The van der Waals surface area contributed by atoms with Crippen LogP contribution < -0.4 is 14.8 Å². The predicted molar refractivity (Wildman–Crippen MR) is 143 cm³/mol. The molecule has 2 atom stereocenters. The number of carbonyl (C=O) groups excluding carboxylic acids is 1. The number of carbonyl (C=O) groups is 1. The van der Waals surface area contributed by atoms with Gasteiger partial charge in [0.25, 0.3) is 0 Å². The van der Waals surface area contributed by atoms with E-state index in [4.69, 9.17) is 19.2 Å². The third kappa shape index (κ3) is 5.77. The van der Waals surface area contributed by atoms with E-state index in [0.717, 1.165) is 46.8 Å². The van der Waals surface area contributed by atoms with Gasteiger partial charge in [0.15, 0.2) is 0 Å². The Balaban J connectivity index is 1.79. The lowest BCUT2D eigenvalue weighted by molar-refractivity contribution is -0.139. The molecule has 0 spiro atoms. The Morgan fingerprint density at radius 2 is 1.89 bits per heavy atom. The minimum atomic E-state index is -0.308. The van der Waals surface area contributed by atoms with Crippen molar-refractivity contribution >= 4 is 28.6 Å². The van der Waals surface area contributed by atoms with Gasteiger partial charge in [0.2, 0.25) is 5.95 Å². The molecule has 3 aromatic rings. The number of nitrogens with zero attached hydrogens (tertiary/aromatic N) is 2. The molecule has 0 saturated heterocycles. The summed E-state index contributed by atoms with van der Waals surface area (Å²) < 4.78 is 18.7. The van der Waals surface area contributed by atoms with Gasteiger partial charge < -0.3 is 24.1 Å². The molecule has 1 aliphatic rings. The van der Waals surface area contributed by atoms with Gasteiger partial charge >= 0.3 is 5.97 Å². The second kappa shape index (κ2) is 10.4. The van der Waals surface area contributed by atoms with Gasteiger partial charge in [-0.1, -0.05) is 20.8 Å². The Kier molecular flexibility index (Phi) is 7.48. The highest BCUT2D eigenvalue weighted by molar-refractivity contribution is 5.84. The fourth-order valence-electron chi connectivity index (χ4n) is 5.69. The molecule has 0 unspecified atom stereocenters. The quantitative estimate of drug-likeness (QED) is 0.353. The second-order valence-corrected chi connectivity index (χ2v) is 11.1. The smallest absolute Gasteiger partial charge is 0.310 e. The fraction of sp³-hybridized carbons (Fsp3) is 0.517. The lowest BCUT2D eigenvalue weighted by Gasteiger charge is -2.40. The molecule has 1 aromatic heterocycles. The Morgan fingerprint density at radius 3 is 2.50 bits per heavy atom. The van der Waals surface area contributed by atoms with Crippen LogP contribution in [0, 0.1) is 11.3 Å². The summed E-state index contributed by atoms with van der Waals surface area (Å²) in [5, 5.41) is 3.55. The van der Waals surface area contributed by atoms with Gasteiger partial charge in [-0.25, -0.2) is 4.98 Å². The Morgan fingerprint density at radius 1 is 1.17 bits per heavy atom. The molecule has 194 valence electrons. The molecule has 1 heterocycles. The van der Waals surface area contributed by atoms with E-state index in [-0.39, 0.29) is 30.0 Å². The lowest BCUT2D eigenvalue weighted by atomic mass is 9.70. The van der Waals surface area contributed by atoms with Crippen LogP contribution >= 0.6 is 0 Å². The SMILES string of the molecule is COC(=O)Cc1cc2nc(Nc3ccc(OC(C)C)cc3)n([C@@H]3C[C@H](C)CC(C)(C)C3)c2cc1OC. The van der Waals surface area contributed by atoms with Crippen LogP contribution in [0.15, 0.2) is 36.4 Å². The van der Waals surface area contributed by atoms with Crippen LogP contribution in [-0.4, -0.2) is 35.8 Å². The van der Waals surface area contributed by atoms with Crippen LogP contribution in [0.1, 0.15) is 65.5 Å². The number of methoxy groups -OCH3 is 2. The number of imidazole rings is 1. The molecule has 2 aromatic carbocycles. The van der Waals surface area contributed by atoms with Crippen molar-refractivity contribution in [2.75, 3.05) is 19.5 Å². The standard InChI is InChI=1S/C29H39N3O4/c1-18(2)36-23-10-8-21(9-11-23)30-28-31-24-13-20(14-27(33)35-7)26(34-6)15-25(24)32(28)22-12-19(3)16-29(4,5)17-22/h8-11,13,15,18-19,22H,12,14,16-17H2,1-7H3,(H,30,31)/t19-,22+/m0/s1. The number of hydrogen-bond donors (Lipinski definition) is 1. The maximum absolute atomic E-state index is 12.0. The van der Waals surface area contributed by atoms with E-state index in [2.05, 4.69) is 30.7 Å². The average molecular weight is 494 g/mol. The molecule has 0 amide bonds. The van der Waals surface area contributed by atoms with Crippen molar-refractivity contribution in [3.05, 3.63) is 42.0 Å². The van der Waals surface area contributed by atoms with Crippen molar-refractivity contribution in [3.63, 3.8) is 0 Å². The first-order valence-corrected chi connectivity index (χ1v) is 12.8. The van der Waals surface area contributed by atoms with Crippen molar-refractivity contribution in [1.82, 2.24) is 9.55 Å². The van der Waals surface area contributed by atoms with Gasteiger partial charge in [0, 0.05) is 23.4 Å². The van der Waals surface area contributed by atoms with E-state index in [0.29, 0.717) is 11.7 Å². The third-order valence-corrected chi connectivity index (χ3v) is 6.87. The normalized spacial score (nSPS) is 19.3. The molecule has 1 N–H and O–H groups in total. The maximum atomic E-state index is 12.0. The molecule has 1 saturated carbocycles. The van der Waals surface area contributed by atoms with Crippen LogP contribution in [0.25, 0.3) is 11.0 Å². The number of nitrogens with one attached hydrogen (secondary N) is 1. The molecule has 7 nitrogen and oxygen atoms in total. The molecule has 0 bridgehead atoms. The zero-order valence-electron chi connectivity index (χ0n) is 22.6. The van der Waals surface area contributed by atoms with E-state index < -0.39 is 0 Å². The summed E-state index contributed by atoms with van der Waals surface area (Å²) in [6.45, 7) is 11.1. The lowest BCUT2D eigenvalue weighted by Crippen LogP contribution is -2.29. The van der Waals surface area contributed by atoms with Crippen molar-refractivity contribution in [1.29, 1.82) is 0 Å². The Bertz CT molecular complexity index is 1210. The zero-order chi connectivity index (χ0) is 26.0. The summed E-state index contributed by atoms with van der Waals surface area (Å²) in [6.07, 6.45) is 3.61. The zero-order valence-corrected chi connectivity index (χ0v) is 22.6. The largest absolute Gasteiger partial charge is 0.496 e. The van der Waals surface area contributed by atoms with Crippen LogP contribution in [0.3, 0.4) is 0 Å². The van der Waals surface area contributed by atoms with Crippen LogP contribution in [0.2, 0.25) is 0 Å². The topological polar surface area (TPSA) is 74.6 Å². The third-order valence-electron chi connectivity index (χ3n) is 6.87. The van der Waals surface area contributed by atoms with E-state index in [1.807, 2.05) is 50.2 Å². The highest BCUT2D eigenvalue weighted by Gasteiger charge is 2.35. The Labute approximate surface area is 214 Å². The fourth-order valence-corrected chi connectivity index (χ4v) is 5.69. The number of aromatic nitrogens is 2. The highest BCUT2D eigenvalue weighted by atomic mass is 16.5. The number of rotatable bonds is 8. The molecule has 0 radical (unpaired) electrons. The summed E-state index contributed by atoms with van der Waals surface area (Å²) in [5.74, 6) is 2.59. The number of benzene rings is 2. The van der Waals surface area contributed by atoms with E-state index >= 15 is 0 Å². The summed E-state index contributed by atoms with van der Waals surface area (Å²) in [5.41, 5.74) is 3.76. The Hall–Kier alpha value is -3.22.